The van der Waals surface area contributed by atoms with Gasteiger partial charge in [-0.25, -0.2) is 0 Å². The van der Waals surface area contributed by atoms with Gasteiger partial charge in [0.1, 0.15) is 0 Å². The van der Waals surface area contributed by atoms with E-state index in [2.05, 4.69) is 29.3 Å². The molecule has 3 nitrogen and oxygen atoms in total. The molecule has 1 saturated heterocycles. The summed E-state index contributed by atoms with van der Waals surface area (Å²) in [6.07, 6.45) is 1.25. The first-order chi connectivity index (χ1) is 12.1. The number of amides is 1. The Morgan fingerprint density at radius 2 is 2.08 bits per heavy atom. The normalized spacial score (nSPS) is 16.9. The van der Waals surface area contributed by atoms with Crippen molar-refractivity contribution >= 4 is 40.6 Å². The average molecular weight is 375 g/mol. The summed E-state index contributed by atoms with van der Waals surface area (Å²) < 4.78 is 0. The molecule has 5 heteroatoms. The standard InChI is InChI=1S/C20H23ClN2OS/c1-15-9-10-23(12-15)19-7-5-18(6-8-19)22-20(24)14-25-13-16-3-2-4-17(21)11-16/h2-8,11,15H,9-10,12-14H2,1H3,(H,22,24). The van der Waals surface area contributed by atoms with Gasteiger partial charge in [0.05, 0.1) is 5.75 Å². The molecule has 0 spiro atoms. The van der Waals surface area contributed by atoms with Gasteiger partial charge in [-0.15, -0.1) is 11.8 Å². The number of benzene rings is 2. The van der Waals surface area contributed by atoms with Gasteiger partial charge >= 0.3 is 0 Å². The van der Waals surface area contributed by atoms with E-state index in [9.17, 15) is 4.79 Å². The molecular weight excluding hydrogens is 352 g/mol. The second-order valence-electron chi connectivity index (χ2n) is 6.56. The fourth-order valence-electron chi connectivity index (χ4n) is 3.01. The zero-order chi connectivity index (χ0) is 17.6. The Balaban J connectivity index is 1.44. The SMILES string of the molecule is CC1CCN(c2ccc(NC(=O)CSCc3cccc(Cl)c3)cc2)C1. The fraction of sp³-hybridized carbons (Fsp3) is 0.350. The van der Waals surface area contributed by atoms with Crippen LogP contribution in [0.15, 0.2) is 48.5 Å². The Morgan fingerprint density at radius 3 is 2.76 bits per heavy atom. The smallest absolute Gasteiger partial charge is 0.234 e. The van der Waals surface area contributed by atoms with Crippen molar-refractivity contribution in [1.82, 2.24) is 0 Å². The summed E-state index contributed by atoms with van der Waals surface area (Å²) in [5.74, 6) is 1.99. The summed E-state index contributed by atoms with van der Waals surface area (Å²) in [7, 11) is 0. The van der Waals surface area contributed by atoms with Gasteiger partial charge in [-0.05, 0) is 54.3 Å². The van der Waals surface area contributed by atoms with Crippen molar-refractivity contribution in [2.45, 2.75) is 19.1 Å². The van der Waals surface area contributed by atoms with Crippen LogP contribution in [-0.2, 0) is 10.5 Å². The molecule has 0 aromatic heterocycles. The summed E-state index contributed by atoms with van der Waals surface area (Å²) in [6, 6.07) is 15.9. The highest BCUT2D eigenvalue weighted by Gasteiger charge is 2.18. The third-order valence-electron chi connectivity index (χ3n) is 4.33. The molecule has 0 radical (unpaired) electrons. The molecule has 0 bridgehead atoms. The minimum atomic E-state index is 0.0228. The van der Waals surface area contributed by atoms with Crippen LogP contribution in [0.3, 0.4) is 0 Å². The van der Waals surface area contributed by atoms with Crippen LogP contribution >= 0.6 is 23.4 Å². The molecule has 1 N–H and O–H groups in total. The van der Waals surface area contributed by atoms with Crippen LogP contribution < -0.4 is 10.2 Å². The molecule has 2 aromatic carbocycles. The number of halogens is 1. The molecule has 1 fully saturated rings. The molecule has 2 aromatic rings. The maximum Gasteiger partial charge on any atom is 0.234 e. The molecule has 1 amide bonds. The quantitative estimate of drug-likeness (QED) is 0.767. The number of nitrogens with zero attached hydrogens (tertiary/aromatic N) is 1. The summed E-state index contributed by atoms with van der Waals surface area (Å²) in [4.78, 5) is 14.5. The Morgan fingerprint density at radius 1 is 1.28 bits per heavy atom. The largest absolute Gasteiger partial charge is 0.371 e. The van der Waals surface area contributed by atoms with Crippen molar-refractivity contribution in [2.75, 3.05) is 29.1 Å². The minimum Gasteiger partial charge on any atom is -0.371 e. The maximum atomic E-state index is 12.1. The van der Waals surface area contributed by atoms with E-state index in [0.29, 0.717) is 5.75 Å². The predicted molar refractivity (Wildman–Crippen MR) is 109 cm³/mol. The van der Waals surface area contributed by atoms with Gasteiger partial charge in [0, 0.05) is 35.2 Å². The first-order valence-electron chi connectivity index (χ1n) is 8.57. The van der Waals surface area contributed by atoms with E-state index < -0.39 is 0 Å². The number of hydrogen-bond acceptors (Lipinski definition) is 3. The lowest BCUT2D eigenvalue weighted by molar-refractivity contribution is -0.113. The molecule has 1 aliphatic heterocycles. The Labute approximate surface area is 158 Å². The van der Waals surface area contributed by atoms with Gasteiger partial charge in [0.25, 0.3) is 0 Å². The molecule has 3 rings (SSSR count). The second-order valence-corrected chi connectivity index (χ2v) is 7.98. The van der Waals surface area contributed by atoms with Crippen molar-refractivity contribution in [1.29, 1.82) is 0 Å². The highest BCUT2D eigenvalue weighted by molar-refractivity contribution is 7.99. The number of carbonyl (C=O) groups excluding carboxylic acids is 1. The summed E-state index contributed by atoms with van der Waals surface area (Å²) >= 11 is 7.56. The molecule has 0 saturated carbocycles. The van der Waals surface area contributed by atoms with E-state index in [4.69, 9.17) is 11.6 Å². The van der Waals surface area contributed by atoms with Crippen LogP contribution in [-0.4, -0.2) is 24.7 Å². The van der Waals surface area contributed by atoms with Crippen LogP contribution in [0.5, 0.6) is 0 Å². The molecule has 1 aliphatic rings. The predicted octanol–water partition coefficient (Wildman–Crippen LogP) is 5.06. The minimum absolute atomic E-state index is 0.0228. The van der Waals surface area contributed by atoms with E-state index in [1.54, 1.807) is 11.8 Å². The lowest BCUT2D eigenvalue weighted by Gasteiger charge is -2.18. The van der Waals surface area contributed by atoms with Crippen molar-refractivity contribution in [3.05, 3.63) is 59.1 Å². The number of thioether (sulfide) groups is 1. The van der Waals surface area contributed by atoms with Crippen molar-refractivity contribution in [2.24, 2.45) is 5.92 Å². The Hall–Kier alpha value is -1.65. The molecule has 1 unspecified atom stereocenters. The number of nitrogens with one attached hydrogen (secondary N) is 1. The van der Waals surface area contributed by atoms with Crippen molar-refractivity contribution in [3.63, 3.8) is 0 Å². The summed E-state index contributed by atoms with van der Waals surface area (Å²) in [5.41, 5.74) is 3.22. The molecule has 1 atom stereocenters. The van der Waals surface area contributed by atoms with Crippen LogP contribution in [0, 0.1) is 5.92 Å². The van der Waals surface area contributed by atoms with Crippen LogP contribution in [0.1, 0.15) is 18.9 Å². The molecule has 132 valence electrons. The Kier molecular flexibility index (Phi) is 6.27. The van der Waals surface area contributed by atoms with Gasteiger partial charge in [-0.1, -0.05) is 30.7 Å². The van der Waals surface area contributed by atoms with Gasteiger partial charge in [-0.2, -0.15) is 0 Å². The topological polar surface area (TPSA) is 32.3 Å². The van der Waals surface area contributed by atoms with Gasteiger partial charge in [0.2, 0.25) is 5.91 Å². The number of anilines is 2. The monoisotopic (exact) mass is 374 g/mol. The van der Waals surface area contributed by atoms with Gasteiger partial charge < -0.3 is 10.2 Å². The first kappa shape index (κ1) is 18.2. The van der Waals surface area contributed by atoms with Crippen LogP contribution in [0.2, 0.25) is 5.02 Å². The number of hydrogen-bond donors (Lipinski definition) is 1. The van der Waals surface area contributed by atoms with Crippen LogP contribution in [0.25, 0.3) is 0 Å². The van der Waals surface area contributed by atoms with Crippen LogP contribution in [0.4, 0.5) is 11.4 Å². The third kappa shape index (κ3) is 5.41. The van der Waals surface area contributed by atoms with E-state index in [-0.39, 0.29) is 5.91 Å². The van der Waals surface area contributed by atoms with E-state index in [1.807, 2.05) is 36.4 Å². The van der Waals surface area contributed by atoms with Gasteiger partial charge in [0.15, 0.2) is 0 Å². The fourth-order valence-corrected chi connectivity index (χ4v) is 4.00. The second kappa shape index (κ2) is 8.63. The van der Waals surface area contributed by atoms with Gasteiger partial charge in [-0.3, -0.25) is 4.79 Å². The summed E-state index contributed by atoms with van der Waals surface area (Å²) in [6.45, 7) is 4.52. The number of carbonyl (C=O) groups is 1. The molecule has 1 heterocycles. The lowest BCUT2D eigenvalue weighted by atomic mass is 10.2. The highest BCUT2D eigenvalue weighted by Crippen LogP contribution is 2.25. The Bertz CT molecular complexity index is 720. The van der Waals surface area contributed by atoms with E-state index >= 15 is 0 Å². The first-order valence-corrected chi connectivity index (χ1v) is 10.1. The average Bonchev–Trinajstić information content (AvgIpc) is 3.02. The van der Waals surface area contributed by atoms with E-state index in [0.717, 1.165) is 41.0 Å². The maximum absolute atomic E-state index is 12.1. The summed E-state index contributed by atoms with van der Waals surface area (Å²) in [5, 5.41) is 3.69. The molecular formula is C20H23ClN2OS. The lowest BCUT2D eigenvalue weighted by Crippen LogP contribution is -2.19. The van der Waals surface area contributed by atoms with Crippen molar-refractivity contribution in [3.8, 4) is 0 Å². The zero-order valence-electron chi connectivity index (χ0n) is 14.4. The number of rotatable bonds is 6. The molecule has 0 aliphatic carbocycles. The zero-order valence-corrected chi connectivity index (χ0v) is 15.9. The highest BCUT2D eigenvalue weighted by atomic mass is 35.5. The van der Waals surface area contributed by atoms with E-state index in [1.165, 1.54) is 12.1 Å². The third-order valence-corrected chi connectivity index (χ3v) is 5.57. The van der Waals surface area contributed by atoms with Crippen molar-refractivity contribution < 1.29 is 4.79 Å². The molecule has 25 heavy (non-hydrogen) atoms.